The van der Waals surface area contributed by atoms with Gasteiger partial charge in [0.15, 0.2) is 6.61 Å². The van der Waals surface area contributed by atoms with E-state index in [1.54, 1.807) is 18.2 Å². The number of hydrogen-bond acceptors (Lipinski definition) is 7. The first kappa shape index (κ1) is 17.5. The van der Waals surface area contributed by atoms with Crippen molar-refractivity contribution in [2.45, 2.75) is 13.0 Å². The van der Waals surface area contributed by atoms with Crippen LogP contribution in [0, 0.1) is 0 Å². The largest absolute Gasteiger partial charge is 0.484 e. The van der Waals surface area contributed by atoms with Crippen molar-refractivity contribution < 1.29 is 28.6 Å². The number of carbonyl (C=O) groups is 2. The number of nitrogens with one attached hydrogen (secondary N) is 1. The van der Waals surface area contributed by atoms with Gasteiger partial charge in [-0.05, 0) is 18.2 Å². The Morgan fingerprint density at radius 1 is 1.29 bits per heavy atom. The molecule has 0 radical (unpaired) electrons. The number of fused-ring (bicyclic) bond motifs is 1. The number of aliphatic hydroxyl groups is 1. The Morgan fingerprint density at radius 2 is 2.04 bits per heavy atom. The van der Waals surface area contributed by atoms with Gasteiger partial charge < -0.3 is 24.3 Å². The first-order valence-electron chi connectivity index (χ1n) is 7.18. The number of aliphatic hydroxyl groups excluding tert-OH is 1. The molecule has 1 atom stereocenters. The highest BCUT2D eigenvalue weighted by Gasteiger charge is 2.13. The molecule has 0 unspecified atom stereocenters. The first-order valence-corrected chi connectivity index (χ1v) is 7.18. The second kappa shape index (κ2) is 8.11. The zero-order chi connectivity index (χ0) is 17.5. The molecule has 24 heavy (non-hydrogen) atoms. The Hall–Kier alpha value is -2.87. The molecule has 0 spiro atoms. The molecule has 0 aliphatic heterocycles. The summed E-state index contributed by atoms with van der Waals surface area (Å²) in [7, 11) is 0. The zero-order valence-corrected chi connectivity index (χ0v) is 13.0. The van der Waals surface area contributed by atoms with Gasteiger partial charge in [0.1, 0.15) is 17.9 Å². The second-order valence-corrected chi connectivity index (χ2v) is 4.99. The number of esters is 1. The molecule has 8 heteroatoms. The highest BCUT2D eigenvalue weighted by atomic mass is 16.5. The molecule has 2 aromatic rings. The van der Waals surface area contributed by atoms with Crippen molar-refractivity contribution >= 4 is 22.8 Å². The summed E-state index contributed by atoms with van der Waals surface area (Å²) in [6, 6.07) is 7.07. The Bertz CT molecular complexity index is 783. The van der Waals surface area contributed by atoms with E-state index in [2.05, 4.69) is 5.32 Å². The van der Waals surface area contributed by atoms with Crippen LogP contribution in [0.4, 0.5) is 0 Å². The molecule has 128 valence electrons. The van der Waals surface area contributed by atoms with Gasteiger partial charge in [-0.25, -0.2) is 4.79 Å². The third-order valence-electron chi connectivity index (χ3n) is 3.04. The Balaban J connectivity index is 1.91. The van der Waals surface area contributed by atoms with E-state index < -0.39 is 23.5 Å². The van der Waals surface area contributed by atoms with Gasteiger partial charge in [0.05, 0.1) is 12.6 Å². The number of hydrogen-bond donors (Lipinski definition) is 2. The molecule has 1 aromatic heterocycles. The zero-order valence-electron chi connectivity index (χ0n) is 13.0. The number of carbonyl (C=O) groups excluding carboxylic acids is 2. The summed E-state index contributed by atoms with van der Waals surface area (Å²) < 4.78 is 15.1. The van der Waals surface area contributed by atoms with Crippen LogP contribution in [0.2, 0.25) is 0 Å². The third-order valence-corrected chi connectivity index (χ3v) is 3.04. The van der Waals surface area contributed by atoms with E-state index in [0.717, 1.165) is 5.39 Å². The molecule has 0 bridgehead atoms. The van der Waals surface area contributed by atoms with Crippen LogP contribution in [0.25, 0.3) is 11.0 Å². The van der Waals surface area contributed by atoms with Crippen molar-refractivity contribution in [3.8, 4) is 5.75 Å². The second-order valence-electron chi connectivity index (χ2n) is 4.99. The van der Waals surface area contributed by atoms with E-state index in [4.69, 9.17) is 19.0 Å². The highest BCUT2D eigenvalue weighted by molar-refractivity contribution is 5.79. The summed E-state index contributed by atoms with van der Waals surface area (Å²) >= 11 is 0. The van der Waals surface area contributed by atoms with Crippen molar-refractivity contribution in [2.75, 3.05) is 19.8 Å². The van der Waals surface area contributed by atoms with E-state index in [0.29, 0.717) is 11.3 Å². The van der Waals surface area contributed by atoms with Crippen LogP contribution in [0.3, 0.4) is 0 Å². The molecule has 1 heterocycles. The number of benzene rings is 1. The van der Waals surface area contributed by atoms with E-state index in [1.807, 2.05) is 0 Å². The van der Waals surface area contributed by atoms with Gasteiger partial charge in [-0.2, -0.15) is 0 Å². The quantitative estimate of drug-likeness (QED) is 0.549. The lowest BCUT2D eigenvalue weighted by atomic mass is 10.2. The average molecular weight is 335 g/mol. The van der Waals surface area contributed by atoms with Crippen molar-refractivity contribution in [1.82, 2.24) is 5.32 Å². The smallest absolute Gasteiger partial charge is 0.336 e. The van der Waals surface area contributed by atoms with Gasteiger partial charge in [-0.3, -0.25) is 9.59 Å². The van der Waals surface area contributed by atoms with Crippen LogP contribution in [0.5, 0.6) is 5.75 Å². The van der Waals surface area contributed by atoms with E-state index in [1.165, 1.54) is 19.1 Å². The maximum absolute atomic E-state index is 11.8. The monoisotopic (exact) mass is 335 g/mol. The fraction of sp³-hybridized carbons (Fsp3) is 0.312. The fourth-order valence-electron chi connectivity index (χ4n) is 1.91. The summed E-state index contributed by atoms with van der Waals surface area (Å²) in [5.41, 5.74) is -0.128. The normalized spacial score (nSPS) is 11.8. The van der Waals surface area contributed by atoms with Gasteiger partial charge in [-0.1, -0.05) is 0 Å². The Morgan fingerprint density at radius 3 is 2.75 bits per heavy atom. The lowest BCUT2D eigenvalue weighted by Crippen LogP contribution is -2.43. The molecule has 1 aromatic carbocycles. The summed E-state index contributed by atoms with van der Waals surface area (Å²) in [6.07, 6.45) is 0. The molecule has 0 aliphatic carbocycles. The standard InChI is InChI=1S/C16H17NO7/c1-10(19)22-8-12(7-18)17-15(20)9-23-13-4-2-11-3-5-16(21)24-14(11)6-13/h2-6,12,18H,7-9H2,1H3,(H,17,20)/t12-/m1/s1. The lowest BCUT2D eigenvalue weighted by molar-refractivity contribution is -0.142. The first-order chi connectivity index (χ1) is 11.5. The van der Waals surface area contributed by atoms with Gasteiger partial charge in [0.25, 0.3) is 5.91 Å². The van der Waals surface area contributed by atoms with Crippen molar-refractivity contribution in [1.29, 1.82) is 0 Å². The van der Waals surface area contributed by atoms with Gasteiger partial charge in [0.2, 0.25) is 0 Å². The van der Waals surface area contributed by atoms with Crippen LogP contribution in [-0.4, -0.2) is 42.8 Å². The molecule has 2 rings (SSSR count). The molecular formula is C16H17NO7. The predicted molar refractivity (Wildman–Crippen MR) is 83.6 cm³/mol. The predicted octanol–water partition coefficient (Wildman–Crippen LogP) is 0.212. The maximum atomic E-state index is 11.8. The summed E-state index contributed by atoms with van der Waals surface area (Å²) in [6.45, 7) is 0.426. The van der Waals surface area contributed by atoms with Crippen LogP contribution >= 0.6 is 0 Å². The lowest BCUT2D eigenvalue weighted by Gasteiger charge is -2.16. The van der Waals surface area contributed by atoms with Crippen LogP contribution in [-0.2, 0) is 14.3 Å². The molecule has 0 saturated heterocycles. The third kappa shape index (κ3) is 5.10. The number of amides is 1. The number of rotatable bonds is 7. The topological polar surface area (TPSA) is 115 Å². The SMILES string of the molecule is CC(=O)OC[C@@H](CO)NC(=O)COc1ccc2ccc(=O)oc2c1. The molecule has 0 aliphatic rings. The average Bonchev–Trinajstić information content (AvgIpc) is 2.56. The van der Waals surface area contributed by atoms with Crippen molar-refractivity contribution in [2.24, 2.45) is 0 Å². The van der Waals surface area contributed by atoms with E-state index in [9.17, 15) is 14.4 Å². The Kier molecular flexibility index (Phi) is 5.91. The highest BCUT2D eigenvalue weighted by Crippen LogP contribution is 2.19. The van der Waals surface area contributed by atoms with E-state index in [-0.39, 0.29) is 19.8 Å². The van der Waals surface area contributed by atoms with Crippen LogP contribution < -0.4 is 15.7 Å². The summed E-state index contributed by atoms with van der Waals surface area (Å²) in [5, 5.41) is 12.3. The molecule has 2 N–H and O–H groups in total. The van der Waals surface area contributed by atoms with Crippen molar-refractivity contribution in [3.05, 3.63) is 40.8 Å². The van der Waals surface area contributed by atoms with Gasteiger partial charge in [-0.15, -0.1) is 0 Å². The molecule has 0 saturated carbocycles. The Labute approximate surface area is 137 Å². The van der Waals surface area contributed by atoms with Crippen LogP contribution in [0.1, 0.15) is 6.92 Å². The minimum Gasteiger partial charge on any atom is -0.484 e. The molecular weight excluding hydrogens is 318 g/mol. The minimum absolute atomic E-state index is 0.126. The molecule has 1 amide bonds. The van der Waals surface area contributed by atoms with Crippen molar-refractivity contribution in [3.63, 3.8) is 0 Å². The molecule has 0 fully saturated rings. The van der Waals surface area contributed by atoms with Gasteiger partial charge in [0, 0.05) is 24.4 Å². The van der Waals surface area contributed by atoms with Gasteiger partial charge >= 0.3 is 11.6 Å². The van der Waals surface area contributed by atoms with E-state index >= 15 is 0 Å². The summed E-state index contributed by atoms with van der Waals surface area (Å²) in [4.78, 5) is 33.7. The number of ether oxygens (including phenoxy) is 2. The maximum Gasteiger partial charge on any atom is 0.336 e. The summed E-state index contributed by atoms with van der Waals surface area (Å²) in [5.74, 6) is -0.639. The van der Waals surface area contributed by atoms with Crippen LogP contribution in [0.15, 0.2) is 39.5 Å². The molecule has 8 nitrogen and oxygen atoms in total. The fourth-order valence-corrected chi connectivity index (χ4v) is 1.91. The minimum atomic E-state index is -0.709.